The van der Waals surface area contributed by atoms with Crippen molar-refractivity contribution in [1.29, 1.82) is 0 Å². The number of rotatable bonds is 4. The van der Waals surface area contributed by atoms with Crippen LogP contribution in [0.4, 0.5) is 0 Å². The Hall–Kier alpha value is -8.32. The third kappa shape index (κ3) is 5.61. The van der Waals surface area contributed by atoms with Gasteiger partial charge in [-0.2, -0.15) is 0 Å². The lowest BCUT2D eigenvalue weighted by Gasteiger charge is -2.14. The molecule has 15 rings (SSSR count). The highest BCUT2D eigenvalue weighted by atomic mass is 32.1. The molecular weight excluding hydrogens is 857 g/mol. The molecule has 0 aliphatic rings. The molecule has 13 aromatic carbocycles. The van der Waals surface area contributed by atoms with E-state index >= 15 is 0 Å². The van der Waals surface area contributed by atoms with Crippen molar-refractivity contribution in [2.75, 3.05) is 0 Å². The Kier molecular flexibility index (Phi) is 8.12. The van der Waals surface area contributed by atoms with Crippen molar-refractivity contribution in [2.24, 2.45) is 0 Å². The van der Waals surface area contributed by atoms with Gasteiger partial charge in [0, 0.05) is 51.5 Å². The van der Waals surface area contributed by atoms with Gasteiger partial charge in [0.15, 0.2) is 0 Å². The van der Waals surface area contributed by atoms with Gasteiger partial charge in [0.05, 0.1) is 0 Å². The van der Waals surface area contributed by atoms with Gasteiger partial charge in [-0.3, -0.25) is 0 Å². The number of thiophene rings is 2. The van der Waals surface area contributed by atoms with Crippen LogP contribution in [-0.4, -0.2) is 0 Å². The Morgan fingerprint density at radius 1 is 0.250 bits per heavy atom. The predicted octanol–water partition coefficient (Wildman–Crippen LogP) is 19.6. The van der Waals surface area contributed by atoms with E-state index in [1.807, 2.05) is 22.7 Å². The Labute approximate surface area is 400 Å². The average molecular weight is 893 g/mol. The van der Waals surface area contributed by atoms with Crippen molar-refractivity contribution in [3.63, 3.8) is 0 Å². The van der Waals surface area contributed by atoms with E-state index < -0.39 is 0 Å². The summed E-state index contributed by atoms with van der Waals surface area (Å²) in [6.45, 7) is 0. The first-order valence-electron chi connectivity index (χ1n) is 23.2. The van der Waals surface area contributed by atoms with Crippen LogP contribution in [0.25, 0.3) is 149 Å². The van der Waals surface area contributed by atoms with E-state index in [0.717, 1.165) is 11.1 Å². The molecule has 15 aromatic rings. The normalized spacial score (nSPS) is 12.0. The highest BCUT2D eigenvalue weighted by molar-refractivity contribution is 7.26. The van der Waals surface area contributed by atoms with Crippen molar-refractivity contribution in [1.82, 2.24) is 0 Å². The molecule has 0 amide bonds. The maximum absolute atomic E-state index is 3.47. The van der Waals surface area contributed by atoms with Crippen LogP contribution in [0.1, 0.15) is 0 Å². The summed E-state index contributed by atoms with van der Waals surface area (Å²) in [6, 6.07) is 88.2. The Balaban J connectivity index is 0.844. The Morgan fingerprint density at radius 3 is 1.26 bits per heavy atom. The van der Waals surface area contributed by atoms with E-state index in [1.54, 1.807) is 0 Å². The van der Waals surface area contributed by atoms with E-state index in [-0.39, 0.29) is 0 Å². The van der Waals surface area contributed by atoms with Gasteiger partial charge in [-0.25, -0.2) is 0 Å². The molecule has 0 spiro atoms. The van der Waals surface area contributed by atoms with Crippen LogP contribution in [-0.2, 0) is 0 Å². The lowest BCUT2D eigenvalue weighted by Crippen LogP contribution is -1.87. The topological polar surface area (TPSA) is 0 Å². The molecule has 0 unspecified atom stereocenters. The first-order valence-corrected chi connectivity index (χ1v) is 24.9. The van der Waals surface area contributed by atoms with Crippen LogP contribution in [0.5, 0.6) is 0 Å². The molecule has 0 saturated carbocycles. The fourth-order valence-electron chi connectivity index (χ4n) is 11.3. The van der Waals surface area contributed by atoms with Crippen LogP contribution in [0, 0.1) is 12.1 Å². The third-order valence-electron chi connectivity index (χ3n) is 14.5. The van der Waals surface area contributed by atoms with E-state index in [1.165, 1.54) is 138 Å². The molecule has 0 fully saturated rings. The molecule has 68 heavy (non-hydrogen) atoms. The maximum Gasteiger partial charge on any atom is 0.0440 e. The van der Waals surface area contributed by atoms with Crippen LogP contribution in [0.2, 0.25) is 0 Å². The number of benzene rings is 12. The summed E-state index contributed by atoms with van der Waals surface area (Å²) in [6.07, 6.45) is 0. The molecule has 0 bridgehead atoms. The Morgan fingerprint density at radius 2 is 0.647 bits per heavy atom. The average Bonchev–Trinajstić information content (AvgIpc) is 3.99. The minimum Gasteiger partial charge on any atom is -0.135 e. The first-order chi connectivity index (χ1) is 33.7. The molecule has 0 nitrogen and oxygen atoms in total. The molecule has 0 saturated heterocycles. The monoisotopic (exact) mass is 892 g/mol. The van der Waals surface area contributed by atoms with Gasteiger partial charge >= 0.3 is 0 Å². The van der Waals surface area contributed by atoms with Crippen molar-refractivity contribution in [3.05, 3.63) is 231 Å². The summed E-state index contributed by atoms with van der Waals surface area (Å²) >= 11 is 3.76. The van der Waals surface area contributed by atoms with Gasteiger partial charge in [-0.05, 0) is 147 Å². The fraction of sp³-hybridized carbons (Fsp3) is 0. The molecule has 0 aliphatic carbocycles. The quantitative estimate of drug-likeness (QED) is 0.154. The van der Waals surface area contributed by atoms with E-state index in [9.17, 15) is 0 Å². The summed E-state index contributed by atoms with van der Waals surface area (Å²) in [5, 5.41) is 20.6. The molecule has 312 valence electrons. The lowest BCUT2D eigenvalue weighted by molar-refractivity contribution is 1.65. The van der Waals surface area contributed by atoms with Gasteiger partial charge in [-0.1, -0.05) is 182 Å². The summed E-state index contributed by atoms with van der Waals surface area (Å²) < 4.78 is 5.23. The first kappa shape index (κ1) is 37.9. The molecule has 2 heterocycles. The fourth-order valence-corrected chi connectivity index (χ4v) is 13.7. The van der Waals surface area contributed by atoms with Gasteiger partial charge in [-0.15, -0.1) is 22.7 Å². The van der Waals surface area contributed by atoms with Gasteiger partial charge in [0.25, 0.3) is 0 Å². The molecule has 2 aromatic heterocycles. The smallest absolute Gasteiger partial charge is 0.0440 e. The van der Waals surface area contributed by atoms with Crippen molar-refractivity contribution in [2.45, 2.75) is 0 Å². The van der Waals surface area contributed by atoms with Crippen LogP contribution in [0.15, 0.2) is 218 Å². The van der Waals surface area contributed by atoms with Gasteiger partial charge in [0.2, 0.25) is 0 Å². The maximum atomic E-state index is 3.47. The van der Waals surface area contributed by atoms with Crippen LogP contribution >= 0.6 is 22.7 Å². The highest BCUT2D eigenvalue weighted by Gasteiger charge is 2.17. The van der Waals surface area contributed by atoms with Gasteiger partial charge in [0.1, 0.15) is 0 Å². The van der Waals surface area contributed by atoms with Crippen molar-refractivity contribution in [3.8, 4) is 44.5 Å². The standard InChI is InChI=1S/C66H36S2/c1-2-16-49-47(14-1)48-15-3-5-18-51(48)61-38-44(28-32-54(49)61)46-22-11-24-58-62-37-42(29-33-64(62)68-66(46)58)41-26-30-53-50-17-4-6-19-52(50)59-35-40(27-31-55(59)60(53)36-41)39-12-9-13-43(34-39)45-21-10-23-57-56-20-7-8-25-63(56)67-65(45)57/h1-8,10-12,14-38H. The SMILES string of the molecule is c1cc(-c2ccc3c(c2)c2ccccc2c2ccc(-c4ccc5sc6c(-c7ccc8c9ccccc9c9ccccc9c8c7)cccc6c5c4)cc23)cc(-c2cccc3c2sc2ccccc23)c#1. The van der Waals surface area contributed by atoms with Crippen molar-refractivity contribution < 1.29 is 0 Å². The summed E-state index contributed by atoms with van der Waals surface area (Å²) in [4.78, 5) is 0. The second-order valence-corrected chi connectivity index (χ2v) is 20.2. The number of hydrogen-bond donors (Lipinski definition) is 0. The van der Waals surface area contributed by atoms with E-state index in [0.29, 0.717) is 0 Å². The van der Waals surface area contributed by atoms with E-state index in [4.69, 9.17) is 0 Å². The molecule has 0 radical (unpaired) electrons. The minimum absolute atomic E-state index is 1.07. The third-order valence-corrected chi connectivity index (χ3v) is 16.9. The zero-order chi connectivity index (χ0) is 44.5. The molecule has 2 heteroatoms. The van der Waals surface area contributed by atoms with Crippen LogP contribution < -0.4 is 0 Å². The minimum atomic E-state index is 1.07. The highest BCUT2D eigenvalue weighted by Crippen LogP contribution is 2.46. The van der Waals surface area contributed by atoms with Gasteiger partial charge < -0.3 is 0 Å². The summed E-state index contributed by atoms with van der Waals surface area (Å²) in [7, 11) is 0. The number of fused-ring (bicyclic) bond motifs is 18. The molecule has 0 atom stereocenters. The number of hydrogen-bond acceptors (Lipinski definition) is 2. The van der Waals surface area contributed by atoms with E-state index in [2.05, 4.69) is 231 Å². The second kappa shape index (κ2) is 14.6. The Bertz CT molecular complexity index is 4590. The summed E-state index contributed by atoms with van der Waals surface area (Å²) in [5.41, 5.74) is 9.56. The predicted molar refractivity (Wildman–Crippen MR) is 297 cm³/mol. The zero-order valence-electron chi connectivity index (χ0n) is 36.6. The molecule has 0 N–H and O–H groups in total. The summed E-state index contributed by atoms with van der Waals surface area (Å²) in [5.74, 6) is 0. The van der Waals surface area contributed by atoms with Crippen molar-refractivity contribution >= 4 is 128 Å². The lowest BCUT2D eigenvalue weighted by atomic mass is 9.90. The largest absolute Gasteiger partial charge is 0.135 e. The second-order valence-electron chi connectivity index (χ2n) is 18.1. The van der Waals surface area contributed by atoms with Crippen LogP contribution in [0.3, 0.4) is 0 Å². The molecular formula is C66H36S2. The zero-order valence-corrected chi connectivity index (χ0v) is 38.2. The molecule has 0 aliphatic heterocycles.